The van der Waals surface area contributed by atoms with Gasteiger partial charge in [-0.25, -0.2) is 0 Å². The van der Waals surface area contributed by atoms with E-state index in [-0.39, 0.29) is 5.56 Å². The van der Waals surface area contributed by atoms with Crippen molar-refractivity contribution in [2.45, 2.75) is 53.6 Å². The van der Waals surface area contributed by atoms with Gasteiger partial charge in [0.1, 0.15) is 5.75 Å². The summed E-state index contributed by atoms with van der Waals surface area (Å²) in [5.41, 5.74) is 6.75. The Bertz CT molecular complexity index is 1120. The van der Waals surface area contributed by atoms with Gasteiger partial charge in [0, 0.05) is 52.8 Å². The molecule has 0 amide bonds. The van der Waals surface area contributed by atoms with Crippen molar-refractivity contribution in [3.05, 3.63) is 69.3 Å². The van der Waals surface area contributed by atoms with E-state index in [1.807, 2.05) is 19.1 Å². The van der Waals surface area contributed by atoms with Crippen LogP contribution in [0.2, 0.25) is 0 Å². The van der Waals surface area contributed by atoms with E-state index in [0.29, 0.717) is 12.6 Å². The fourth-order valence-electron chi connectivity index (χ4n) is 3.93. The number of fused-ring (bicyclic) bond motifs is 1. The molecule has 0 bridgehead atoms. The average molecular weight is 394 g/mol. The van der Waals surface area contributed by atoms with E-state index in [4.69, 9.17) is 4.74 Å². The number of benzene rings is 1. The summed E-state index contributed by atoms with van der Waals surface area (Å²) >= 11 is 0. The van der Waals surface area contributed by atoms with Gasteiger partial charge in [-0.3, -0.25) is 4.79 Å². The van der Waals surface area contributed by atoms with Gasteiger partial charge in [0.2, 0.25) is 0 Å². The number of hydrogen-bond donors (Lipinski definition) is 2. The first-order valence-electron chi connectivity index (χ1n) is 10.1. The predicted molar refractivity (Wildman–Crippen MR) is 121 cm³/mol. The Morgan fingerprint density at radius 3 is 2.62 bits per heavy atom. The Morgan fingerprint density at radius 1 is 1.28 bits per heavy atom. The molecule has 154 valence electrons. The summed E-state index contributed by atoms with van der Waals surface area (Å²) in [7, 11) is 1.68. The monoisotopic (exact) mass is 393 g/mol. The maximum absolute atomic E-state index is 12.5. The van der Waals surface area contributed by atoms with E-state index in [1.54, 1.807) is 7.11 Å². The van der Waals surface area contributed by atoms with Crippen LogP contribution in [-0.4, -0.2) is 16.7 Å². The van der Waals surface area contributed by atoms with Crippen molar-refractivity contribution in [2.75, 3.05) is 7.11 Å². The summed E-state index contributed by atoms with van der Waals surface area (Å²) in [5, 5.41) is 4.54. The van der Waals surface area contributed by atoms with Gasteiger partial charge in [0.25, 0.3) is 5.56 Å². The molecule has 0 saturated heterocycles. The second kappa shape index (κ2) is 8.19. The summed E-state index contributed by atoms with van der Waals surface area (Å²) in [6, 6.07) is 6.46. The molecule has 2 aromatic heterocycles. The second-order valence-electron chi connectivity index (χ2n) is 7.85. The third-order valence-corrected chi connectivity index (χ3v) is 5.44. The molecule has 2 N–H and O–H groups in total. The van der Waals surface area contributed by atoms with Gasteiger partial charge in [-0.1, -0.05) is 13.5 Å². The molecule has 0 aliphatic rings. The highest BCUT2D eigenvalue weighted by Crippen LogP contribution is 2.34. The average Bonchev–Trinajstić information content (AvgIpc) is 3.02. The standard InChI is InChI=1S/C24H31N3O2/c1-8-18-9-16(5)26-24(28)21(18)12-25-17(6)20-10-19(29-7)11-22-23(20)15(4)13-27(22)14(2)3/h9-11,13-14,25H,6,8,12H2,1-5,7H3,(H,26,28). The topological polar surface area (TPSA) is 59.1 Å². The number of H-pyrrole nitrogens is 1. The Hall–Kier alpha value is -2.95. The highest BCUT2D eigenvalue weighted by atomic mass is 16.5. The molecule has 0 aliphatic heterocycles. The number of methoxy groups -OCH3 is 1. The van der Waals surface area contributed by atoms with Crippen LogP contribution in [0, 0.1) is 13.8 Å². The van der Waals surface area contributed by atoms with Crippen LogP contribution >= 0.6 is 0 Å². The van der Waals surface area contributed by atoms with Crippen LogP contribution in [-0.2, 0) is 13.0 Å². The van der Waals surface area contributed by atoms with Crippen LogP contribution < -0.4 is 15.6 Å². The van der Waals surface area contributed by atoms with Crippen molar-refractivity contribution in [2.24, 2.45) is 0 Å². The van der Waals surface area contributed by atoms with Crippen LogP contribution in [0.4, 0.5) is 0 Å². The Balaban J connectivity index is 2.01. The Labute approximate surface area is 172 Å². The third kappa shape index (κ3) is 3.95. The van der Waals surface area contributed by atoms with Crippen LogP contribution in [0.25, 0.3) is 16.6 Å². The highest BCUT2D eigenvalue weighted by molar-refractivity contribution is 5.95. The first-order valence-corrected chi connectivity index (χ1v) is 10.1. The molecule has 0 aliphatic carbocycles. The minimum Gasteiger partial charge on any atom is -0.497 e. The van der Waals surface area contributed by atoms with Gasteiger partial charge in [0.15, 0.2) is 0 Å². The zero-order valence-corrected chi connectivity index (χ0v) is 18.3. The van der Waals surface area contributed by atoms with Gasteiger partial charge in [-0.05, 0) is 57.4 Å². The molecule has 0 radical (unpaired) electrons. The molecule has 0 spiro atoms. The molecule has 5 heteroatoms. The lowest BCUT2D eigenvalue weighted by Crippen LogP contribution is -2.23. The number of pyridine rings is 1. The third-order valence-electron chi connectivity index (χ3n) is 5.44. The number of aromatic amines is 1. The highest BCUT2D eigenvalue weighted by Gasteiger charge is 2.16. The van der Waals surface area contributed by atoms with Gasteiger partial charge in [-0.15, -0.1) is 0 Å². The van der Waals surface area contributed by atoms with E-state index in [2.05, 4.69) is 61.4 Å². The van der Waals surface area contributed by atoms with E-state index in [9.17, 15) is 4.79 Å². The first kappa shape index (κ1) is 20.8. The van der Waals surface area contributed by atoms with E-state index in [0.717, 1.165) is 51.2 Å². The number of nitrogens with zero attached hydrogens (tertiary/aromatic N) is 1. The number of aromatic nitrogens is 2. The molecule has 3 rings (SSSR count). The molecule has 0 saturated carbocycles. The smallest absolute Gasteiger partial charge is 0.253 e. The minimum atomic E-state index is -0.0416. The Morgan fingerprint density at radius 2 is 2.00 bits per heavy atom. The first-order chi connectivity index (χ1) is 13.8. The molecular formula is C24H31N3O2. The van der Waals surface area contributed by atoms with Crippen molar-refractivity contribution in [1.82, 2.24) is 14.9 Å². The van der Waals surface area contributed by atoms with Crippen LogP contribution in [0.1, 0.15) is 54.8 Å². The lowest BCUT2D eigenvalue weighted by molar-refractivity contribution is 0.415. The number of ether oxygens (including phenoxy) is 1. The van der Waals surface area contributed by atoms with Crippen molar-refractivity contribution >= 4 is 16.6 Å². The van der Waals surface area contributed by atoms with Crippen molar-refractivity contribution < 1.29 is 4.74 Å². The summed E-state index contributed by atoms with van der Waals surface area (Å²) in [5.74, 6) is 0.790. The molecule has 5 nitrogen and oxygen atoms in total. The Kier molecular flexibility index (Phi) is 5.87. The largest absolute Gasteiger partial charge is 0.497 e. The lowest BCUT2D eigenvalue weighted by atomic mass is 10.0. The fraction of sp³-hybridized carbons (Fsp3) is 0.375. The fourth-order valence-corrected chi connectivity index (χ4v) is 3.93. The SMILES string of the molecule is C=C(NCc1c(CC)cc(C)[nH]c1=O)c1cc(OC)cc2c1c(C)cn2C(C)C. The number of rotatable bonds is 7. The second-order valence-corrected chi connectivity index (χ2v) is 7.85. The molecule has 2 heterocycles. The zero-order chi connectivity index (χ0) is 21.3. The van der Waals surface area contributed by atoms with Gasteiger partial charge < -0.3 is 19.6 Å². The number of hydrogen-bond acceptors (Lipinski definition) is 3. The van der Waals surface area contributed by atoms with E-state index < -0.39 is 0 Å². The van der Waals surface area contributed by atoms with Crippen molar-refractivity contribution in [3.8, 4) is 5.75 Å². The quantitative estimate of drug-likeness (QED) is 0.603. The van der Waals surface area contributed by atoms with Crippen molar-refractivity contribution in [1.29, 1.82) is 0 Å². The van der Waals surface area contributed by atoms with Crippen LogP contribution in [0.5, 0.6) is 5.75 Å². The maximum Gasteiger partial charge on any atom is 0.253 e. The number of aryl methyl sites for hydroxylation is 3. The lowest BCUT2D eigenvalue weighted by Gasteiger charge is -2.16. The van der Waals surface area contributed by atoms with Gasteiger partial charge in [0.05, 0.1) is 12.6 Å². The molecule has 0 fully saturated rings. The van der Waals surface area contributed by atoms with Crippen molar-refractivity contribution in [3.63, 3.8) is 0 Å². The predicted octanol–water partition coefficient (Wildman–Crippen LogP) is 4.86. The molecular weight excluding hydrogens is 362 g/mol. The minimum absolute atomic E-state index is 0.0416. The molecule has 29 heavy (non-hydrogen) atoms. The van der Waals surface area contributed by atoms with Crippen LogP contribution in [0.15, 0.2) is 35.8 Å². The summed E-state index contributed by atoms with van der Waals surface area (Å²) in [6.45, 7) is 15.1. The summed E-state index contributed by atoms with van der Waals surface area (Å²) in [4.78, 5) is 15.4. The molecule has 0 unspecified atom stereocenters. The normalized spacial score (nSPS) is 11.3. The molecule has 1 aromatic carbocycles. The van der Waals surface area contributed by atoms with Gasteiger partial charge in [-0.2, -0.15) is 0 Å². The summed E-state index contributed by atoms with van der Waals surface area (Å²) < 4.78 is 7.81. The zero-order valence-electron chi connectivity index (χ0n) is 18.3. The maximum atomic E-state index is 12.5. The molecule has 3 aromatic rings. The van der Waals surface area contributed by atoms with Gasteiger partial charge >= 0.3 is 0 Å². The van der Waals surface area contributed by atoms with Crippen LogP contribution in [0.3, 0.4) is 0 Å². The molecule has 0 atom stereocenters. The summed E-state index contributed by atoms with van der Waals surface area (Å²) in [6.07, 6.45) is 2.99. The van der Waals surface area contributed by atoms with E-state index in [1.165, 1.54) is 5.56 Å². The van der Waals surface area contributed by atoms with E-state index >= 15 is 0 Å². The number of nitrogens with one attached hydrogen (secondary N) is 2.